The van der Waals surface area contributed by atoms with Gasteiger partial charge >= 0.3 is 0 Å². The molecule has 1 rings (SSSR count). The minimum atomic E-state index is 0.778. The third-order valence-electron chi connectivity index (χ3n) is 3.31. The zero-order chi connectivity index (χ0) is 13.4. The van der Waals surface area contributed by atoms with Crippen LogP contribution in [0.1, 0.15) is 45.1 Å². The van der Waals surface area contributed by atoms with Crippen molar-refractivity contribution in [1.29, 1.82) is 0 Å². The van der Waals surface area contributed by atoms with Crippen LogP contribution in [0.5, 0.6) is 0 Å². The van der Waals surface area contributed by atoms with Gasteiger partial charge in [-0.25, -0.2) is 0 Å². The molecule has 1 atom stereocenters. The van der Waals surface area contributed by atoms with Crippen molar-refractivity contribution < 1.29 is 0 Å². The quantitative estimate of drug-likeness (QED) is 0.671. The van der Waals surface area contributed by atoms with Crippen molar-refractivity contribution in [2.75, 3.05) is 6.54 Å². The molecule has 1 aromatic carbocycles. The largest absolute Gasteiger partial charge is 0.312 e. The van der Waals surface area contributed by atoms with E-state index >= 15 is 0 Å². The molecule has 1 aromatic rings. The first kappa shape index (κ1) is 16.0. The molecule has 0 amide bonds. The molecule has 1 nitrogen and oxygen atoms in total. The van der Waals surface area contributed by atoms with Crippen LogP contribution < -0.4 is 5.32 Å². The van der Waals surface area contributed by atoms with E-state index in [9.17, 15) is 0 Å². The van der Waals surface area contributed by atoms with Crippen LogP contribution in [0.15, 0.2) is 22.7 Å². The average molecular weight is 333 g/mol. The fourth-order valence-corrected chi connectivity index (χ4v) is 2.84. The summed E-state index contributed by atoms with van der Waals surface area (Å²) >= 11 is 9.48. The molecular weight excluding hydrogens is 310 g/mol. The average Bonchev–Trinajstić information content (AvgIpc) is 2.36. The Hall–Kier alpha value is -0.0500. The predicted octanol–water partition coefficient (Wildman–Crippen LogP) is 5.41. The van der Waals surface area contributed by atoms with E-state index in [1.54, 1.807) is 0 Å². The van der Waals surface area contributed by atoms with Gasteiger partial charge in [-0.1, -0.05) is 66.7 Å². The molecule has 0 aliphatic heterocycles. The summed E-state index contributed by atoms with van der Waals surface area (Å²) in [7, 11) is 0. The van der Waals surface area contributed by atoms with Crippen LogP contribution >= 0.6 is 27.5 Å². The minimum Gasteiger partial charge on any atom is -0.312 e. The molecule has 0 radical (unpaired) electrons. The summed E-state index contributed by atoms with van der Waals surface area (Å²) in [5, 5.41) is 4.33. The summed E-state index contributed by atoms with van der Waals surface area (Å²) < 4.78 is 1.09. The third-order valence-corrected chi connectivity index (χ3v) is 4.28. The van der Waals surface area contributed by atoms with Gasteiger partial charge in [-0.05, 0) is 36.6 Å². The van der Waals surface area contributed by atoms with Crippen molar-refractivity contribution in [2.24, 2.45) is 5.92 Å². The predicted molar refractivity (Wildman–Crippen MR) is 84.2 cm³/mol. The van der Waals surface area contributed by atoms with Gasteiger partial charge in [0, 0.05) is 16.0 Å². The molecule has 1 unspecified atom stereocenters. The first-order valence-electron chi connectivity index (χ1n) is 6.82. The number of nitrogens with one attached hydrogen (secondary N) is 1. The van der Waals surface area contributed by atoms with Crippen molar-refractivity contribution >= 4 is 27.5 Å². The Morgan fingerprint density at radius 3 is 2.72 bits per heavy atom. The molecule has 0 fully saturated rings. The highest BCUT2D eigenvalue weighted by atomic mass is 79.9. The van der Waals surface area contributed by atoms with E-state index in [1.807, 2.05) is 12.1 Å². The lowest BCUT2D eigenvalue weighted by Crippen LogP contribution is -2.22. The number of rotatable bonds is 8. The Morgan fingerprint density at radius 2 is 2.11 bits per heavy atom. The summed E-state index contributed by atoms with van der Waals surface area (Å²) in [6.45, 7) is 6.54. The molecule has 102 valence electrons. The van der Waals surface area contributed by atoms with Crippen LogP contribution in [-0.2, 0) is 6.54 Å². The van der Waals surface area contributed by atoms with Crippen molar-refractivity contribution in [1.82, 2.24) is 5.32 Å². The third kappa shape index (κ3) is 5.73. The van der Waals surface area contributed by atoms with Crippen LogP contribution in [0.2, 0.25) is 5.02 Å². The fraction of sp³-hybridized carbons (Fsp3) is 0.600. The molecular formula is C15H23BrClN. The molecule has 1 N–H and O–H groups in total. The highest BCUT2D eigenvalue weighted by Gasteiger charge is 2.06. The standard InChI is InChI=1S/C15H23BrClN/c1-3-5-6-12(4-2)10-18-11-13-7-8-14(17)9-15(13)16/h7-9,12,18H,3-6,10-11H2,1-2H3. The van der Waals surface area contributed by atoms with Gasteiger partial charge in [-0.3, -0.25) is 0 Å². The summed E-state index contributed by atoms with van der Waals surface area (Å²) in [6, 6.07) is 5.97. The number of halogens is 2. The minimum absolute atomic E-state index is 0.778. The van der Waals surface area contributed by atoms with E-state index in [4.69, 9.17) is 11.6 Å². The van der Waals surface area contributed by atoms with Gasteiger partial charge in [0.2, 0.25) is 0 Å². The van der Waals surface area contributed by atoms with Gasteiger partial charge in [0.15, 0.2) is 0 Å². The van der Waals surface area contributed by atoms with Gasteiger partial charge < -0.3 is 5.32 Å². The Bertz CT molecular complexity index is 354. The molecule has 0 saturated heterocycles. The first-order valence-corrected chi connectivity index (χ1v) is 7.99. The topological polar surface area (TPSA) is 12.0 Å². The number of benzene rings is 1. The maximum atomic E-state index is 5.93. The second kappa shape index (κ2) is 8.95. The first-order chi connectivity index (χ1) is 8.67. The summed E-state index contributed by atoms with van der Waals surface area (Å²) in [5.41, 5.74) is 1.27. The SMILES string of the molecule is CCCCC(CC)CNCc1ccc(Cl)cc1Br. The zero-order valence-corrected chi connectivity index (χ0v) is 13.6. The maximum absolute atomic E-state index is 5.93. The number of hydrogen-bond acceptors (Lipinski definition) is 1. The lowest BCUT2D eigenvalue weighted by molar-refractivity contribution is 0.419. The molecule has 0 heterocycles. The van der Waals surface area contributed by atoms with Gasteiger partial charge in [0.05, 0.1) is 0 Å². The Kier molecular flexibility index (Phi) is 7.96. The van der Waals surface area contributed by atoms with Gasteiger partial charge in [0.1, 0.15) is 0 Å². The van der Waals surface area contributed by atoms with Crippen LogP contribution in [-0.4, -0.2) is 6.54 Å². The number of hydrogen-bond donors (Lipinski definition) is 1. The Morgan fingerprint density at radius 1 is 1.33 bits per heavy atom. The lowest BCUT2D eigenvalue weighted by atomic mass is 9.99. The summed E-state index contributed by atoms with van der Waals surface area (Å²) in [5.74, 6) is 0.802. The van der Waals surface area contributed by atoms with Gasteiger partial charge in [0.25, 0.3) is 0 Å². The van der Waals surface area contributed by atoms with Crippen molar-refractivity contribution in [2.45, 2.75) is 46.1 Å². The van der Waals surface area contributed by atoms with E-state index < -0.39 is 0 Å². The Labute approximate surface area is 124 Å². The molecule has 0 aromatic heterocycles. The van der Waals surface area contributed by atoms with E-state index in [-0.39, 0.29) is 0 Å². The highest BCUT2D eigenvalue weighted by Crippen LogP contribution is 2.21. The number of unbranched alkanes of at least 4 members (excludes halogenated alkanes) is 1. The molecule has 0 aliphatic carbocycles. The molecule has 0 aliphatic rings. The molecule has 0 bridgehead atoms. The monoisotopic (exact) mass is 331 g/mol. The maximum Gasteiger partial charge on any atom is 0.0417 e. The van der Waals surface area contributed by atoms with Crippen LogP contribution in [0.4, 0.5) is 0 Å². The molecule has 3 heteroatoms. The van der Waals surface area contributed by atoms with Crippen molar-refractivity contribution in [3.63, 3.8) is 0 Å². The van der Waals surface area contributed by atoms with E-state index in [1.165, 1.54) is 31.2 Å². The Balaban J connectivity index is 2.35. The van der Waals surface area contributed by atoms with Gasteiger partial charge in [-0.2, -0.15) is 0 Å². The van der Waals surface area contributed by atoms with Crippen LogP contribution in [0, 0.1) is 5.92 Å². The van der Waals surface area contributed by atoms with Crippen molar-refractivity contribution in [3.8, 4) is 0 Å². The lowest BCUT2D eigenvalue weighted by Gasteiger charge is -2.15. The zero-order valence-electron chi connectivity index (χ0n) is 11.3. The molecule has 18 heavy (non-hydrogen) atoms. The second-order valence-electron chi connectivity index (χ2n) is 4.78. The van der Waals surface area contributed by atoms with Crippen LogP contribution in [0.25, 0.3) is 0 Å². The summed E-state index contributed by atoms with van der Waals surface area (Å²) in [4.78, 5) is 0. The second-order valence-corrected chi connectivity index (χ2v) is 6.07. The van der Waals surface area contributed by atoms with Gasteiger partial charge in [-0.15, -0.1) is 0 Å². The molecule has 0 spiro atoms. The van der Waals surface area contributed by atoms with E-state index in [0.29, 0.717) is 0 Å². The summed E-state index contributed by atoms with van der Waals surface area (Å²) in [6.07, 6.45) is 5.22. The fourth-order valence-electron chi connectivity index (χ4n) is 2.02. The van der Waals surface area contributed by atoms with E-state index in [2.05, 4.69) is 41.2 Å². The smallest absolute Gasteiger partial charge is 0.0417 e. The molecule has 0 saturated carbocycles. The van der Waals surface area contributed by atoms with Crippen molar-refractivity contribution in [3.05, 3.63) is 33.3 Å². The van der Waals surface area contributed by atoms with E-state index in [0.717, 1.165) is 28.5 Å². The highest BCUT2D eigenvalue weighted by molar-refractivity contribution is 9.10. The van der Waals surface area contributed by atoms with Crippen LogP contribution in [0.3, 0.4) is 0 Å². The normalized spacial score (nSPS) is 12.7.